The Morgan fingerprint density at radius 2 is 1.50 bits per heavy atom. The number of piperazine rings is 1. The molecule has 5 nitrogen and oxygen atoms in total. The Labute approximate surface area is 179 Å². The molecule has 0 saturated carbocycles. The zero-order valence-electron chi connectivity index (χ0n) is 17.9. The fraction of sp³-hybridized carbons (Fsp3) is 0.400. The van der Waals surface area contributed by atoms with E-state index in [4.69, 9.17) is 9.84 Å². The highest BCUT2D eigenvalue weighted by Gasteiger charge is 2.16. The number of ether oxygens (including phenoxy) is 1. The summed E-state index contributed by atoms with van der Waals surface area (Å²) < 4.78 is 7.37. The molecule has 0 radical (unpaired) electrons. The summed E-state index contributed by atoms with van der Waals surface area (Å²) in [7, 11) is 1.72. The van der Waals surface area contributed by atoms with Crippen LogP contribution in [0.25, 0.3) is 5.69 Å². The highest BCUT2D eigenvalue weighted by molar-refractivity contribution is 5.46. The van der Waals surface area contributed by atoms with Crippen molar-refractivity contribution in [2.24, 2.45) is 0 Å². The van der Waals surface area contributed by atoms with Gasteiger partial charge >= 0.3 is 0 Å². The highest BCUT2D eigenvalue weighted by atomic mass is 16.5. The van der Waals surface area contributed by atoms with Crippen LogP contribution in [0, 0.1) is 0 Å². The number of aromatic nitrogens is 2. The summed E-state index contributed by atoms with van der Waals surface area (Å²) in [5, 5.41) is 4.75. The Balaban J connectivity index is 1.26. The Bertz CT molecular complexity index is 886. The lowest BCUT2D eigenvalue weighted by molar-refractivity contribution is 0.181. The summed E-state index contributed by atoms with van der Waals surface area (Å²) in [6.07, 6.45) is 3.42. The van der Waals surface area contributed by atoms with Crippen molar-refractivity contribution in [1.29, 1.82) is 0 Å². The average molecular weight is 405 g/mol. The molecule has 4 rings (SSSR count). The monoisotopic (exact) mass is 404 g/mol. The van der Waals surface area contributed by atoms with Crippen molar-refractivity contribution < 1.29 is 4.74 Å². The van der Waals surface area contributed by atoms with Crippen LogP contribution in [0.2, 0.25) is 0 Å². The first kappa shape index (κ1) is 20.6. The maximum atomic E-state index is 5.29. The third-order valence-corrected chi connectivity index (χ3v) is 5.78. The van der Waals surface area contributed by atoms with Crippen molar-refractivity contribution in [3.8, 4) is 5.69 Å². The molecular weight excluding hydrogens is 372 g/mol. The second kappa shape index (κ2) is 10.4. The SMILES string of the molecule is COCc1cc(CCCCN2CCN(c3ccccc3)CC2)n(-c2ccccc2)n1. The first-order valence-corrected chi connectivity index (χ1v) is 11.0. The van der Waals surface area contributed by atoms with Crippen LogP contribution in [0.15, 0.2) is 66.7 Å². The minimum atomic E-state index is 0.554. The molecule has 1 aliphatic heterocycles. The van der Waals surface area contributed by atoms with Gasteiger partial charge in [-0.2, -0.15) is 5.10 Å². The number of benzene rings is 2. The van der Waals surface area contributed by atoms with Gasteiger partial charge in [0.1, 0.15) is 0 Å². The summed E-state index contributed by atoms with van der Waals surface area (Å²) in [6.45, 7) is 6.26. The van der Waals surface area contributed by atoms with Gasteiger partial charge in [-0.1, -0.05) is 36.4 Å². The van der Waals surface area contributed by atoms with Crippen LogP contribution in [0.4, 0.5) is 5.69 Å². The second-order valence-corrected chi connectivity index (χ2v) is 7.93. The van der Waals surface area contributed by atoms with Crippen LogP contribution in [-0.4, -0.2) is 54.5 Å². The maximum Gasteiger partial charge on any atom is 0.0902 e. The van der Waals surface area contributed by atoms with Crippen molar-refractivity contribution in [2.45, 2.75) is 25.9 Å². The molecule has 0 amide bonds. The predicted molar refractivity (Wildman–Crippen MR) is 122 cm³/mol. The number of unbranched alkanes of at least 4 members (excludes halogenated alkanes) is 1. The van der Waals surface area contributed by atoms with Crippen LogP contribution in [0.5, 0.6) is 0 Å². The molecule has 0 bridgehead atoms. The van der Waals surface area contributed by atoms with Gasteiger partial charge in [-0.15, -0.1) is 0 Å². The van der Waals surface area contributed by atoms with Crippen LogP contribution in [0.3, 0.4) is 0 Å². The van der Waals surface area contributed by atoms with Crippen LogP contribution in [-0.2, 0) is 17.8 Å². The van der Waals surface area contributed by atoms with Crippen LogP contribution < -0.4 is 4.90 Å². The van der Waals surface area contributed by atoms with Gasteiger partial charge < -0.3 is 9.64 Å². The smallest absolute Gasteiger partial charge is 0.0902 e. The van der Waals surface area contributed by atoms with Gasteiger partial charge in [0.05, 0.1) is 18.0 Å². The first-order valence-electron chi connectivity index (χ1n) is 11.0. The minimum Gasteiger partial charge on any atom is -0.378 e. The number of hydrogen-bond donors (Lipinski definition) is 0. The molecule has 2 heterocycles. The van der Waals surface area contributed by atoms with Gasteiger partial charge in [-0.05, 0) is 56.1 Å². The van der Waals surface area contributed by atoms with E-state index in [1.165, 1.54) is 30.8 Å². The molecule has 0 spiro atoms. The molecule has 0 N–H and O–H groups in total. The summed E-state index contributed by atoms with van der Waals surface area (Å²) >= 11 is 0. The van der Waals surface area contributed by atoms with Gasteiger partial charge in [0.25, 0.3) is 0 Å². The molecule has 3 aromatic rings. The summed E-state index contributed by atoms with van der Waals surface area (Å²) in [6, 6.07) is 23.3. The van der Waals surface area contributed by atoms with E-state index in [-0.39, 0.29) is 0 Å². The second-order valence-electron chi connectivity index (χ2n) is 7.93. The number of hydrogen-bond acceptors (Lipinski definition) is 4. The largest absolute Gasteiger partial charge is 0.378 e. The Hall–Kier alpha value is -2.63. The molecule has 30 heavy (non-hydrogen) atoms. The lowest BCUT2D eigenvalue weighted by Crippen LogP contribution is -2.46. The third-order valence-electron chi connectivity index (χ3n) is 5.78. The Kier molecular flexibility index (Phi) is 7.16. The molecule has 1 fully saturated rings. The third kappa shape index (κ3) is 5.29. The summed E-state index contributed by atoms with van der Waals surface area (Å²) in [5.74, 6) is 0. The van der Waals surface area contributed by atoms with E-state index in [2.05, 4.69) is 75.1 Å². The zero-order chi connectivity index (χ0) is 20.6. The van der Waals surface area contributed by atoms with Crippen LogP contribution in [0.1, 0.15) is 24.2 Å². The first-order chi connectivity index (χ1) is 14.8. The average Bonchev–Trinajstić information content (AvgIpc) is 3.21. The molecular formula is C25H32N4O. The quantitative estimate of drug-likeness (QED) is 0.502. The maximum absolute atomic E-state index is 5.29. The molecule has 0 aliphatic carbocycles. The van der Waals surface area contributed by atoms with Crippen molar-refractivity contribution in [3.63, 3.8) is 0 Å². The molecule has 1 saturated heterocycles. The molecule has 2 aromatic carbocycles. The number of rotatable bonds is 9. The highest BCUT2D eigenvalue weighted by Crippen LogP contribution is 2.18. The van der Waals surface area contributed by atoms with E-state index in [0.717, 1.165) is 44.0 Å². The van der Waals surface area contributed by atoms with E-state index < -0.39 is 0 Å². The minimum absolute atomic E-state index is 0.554. The van der Waals surface area contributed by atoms with Gasteiger partial charge in [0.15, 0.2) is 0 Å². The fourth-order valence-electron chi connectivity index (χ4n) is 4.17. The van der Waals surface area contributed by atoms with Crippen LogP contribution >= 0.6 is 0 Å². The number of para-hydroxylation sites is 2. The zero-order valence-corrected chi connectivity index (χ0v) is 17.9. The van der Waals surface area contributed by atoms with Crippen molar-refractivity contribution in [1.82, 2.24) is 14.7 Å². The Morgan fingerprint density at radius 1 is 0.833 bits per heavy atom. The van der Waals surface area contributed by atoms with Crippen molar-refractivity contribution in [2.75, 3.05) is 44.7 Å². The topological polar surface area (TPSA) is 33.5 Å². The van der Waals surface area contributed by atoms with Gasteiger partial charge in [-0.25, -0.2) is 4.68 Å². The normalized spacial score (nSPS) is 14.9. The van der Waals surface area contributed by atoms with Crippen molar-refractivity contribution in [3.05, 3.63) is 78.1 Å². The summed E-state index contributed by atoms with van der Waals surface area (Å²) in [4.78, 5) is 5.09. The van der Waals surface area contributed by atoms with Gasteiger partial charge in [0.2, 0.25) is 0 Å². The van der Waals surface area contributed by atoms with E-state index >= 15 is 0 Å². The van der Waals surface area contributed by atoms with Gasteiger partial charge in [-0.3, -0.25) is 4.90 Å². The van der Waals surface area contributed by atoms with E-state index in [1.54, 1.807) is 7.11 Å². The molecule has 1 aromatic heterocycles. The fourth-order valence-corrected chi connectivity index (χ4v) is 4.17. The lowest BCUT2D eigenvalue weighted by atomic mass is 10.1. The van der Waals surface area contributed by atoms with E-state index in [1.807, 2.05) is 6.07 Å². The molecule has 0 unspecified atom stereocenters. The van der Waals surface area contributed by atoms with E-state index in [0.29, 0.717) is 6.61 Å². The molecule has 5 heteroatoms. The number of aryl methyl sites for hydroxylation is 1. The number of anilines is 1. The lowest BCUT2D eigenvalue weighted by Gasteiger charge is -2.36. The van der Waals surface area contributed by atoms with E-state index in [9.17, 15) is 0 Å². The standard InChI is InChI=1S/C25H32N4O/c1-30-21-22-20-25(29(26-22)24-12-6-3-7-13-24)14-8-9-15-27-16-18-28(19-17-27)23-10-4-2-5-11-23/h2-7,10-13,20H,8-9,14-19,21H2,1H3. The molecule has 1 aliphatic rings. The predicted octanol–water partition coefficient (Wildman–Crippen LogP) is 4.16. The Morgan fingerprint density at radius 3 is 2.17 bits per heavy atom. The molecule has 158 valence electrons. The van der Waals surface area contributed by atoms with Crippen molar-refractivity contribution >= 4 is 5.69 Å². The number of nitrogens with zero attached hydrogens (tertiary/aromatic N) is 4. The molecule has 0 atom stereocenters. The van der Waals surface area contributed by atoms with Gasteiger partial charge in [0, 0.05) is 44.7 Å². The summed E-state index contributed by atoms with van der Waals surface area (Å²) in [5.41, 5.74) is 4.72. The number of methoxy groups -OCH3 is 1.